The second-order valence-electron chi connectivity index (χ2n) is 7.35. The van der Waals surface area contributed by atoms with Gasteiger partial charge in [-0.25, -0.2) is 14.6 Å². The normalized spacial score (nSPS) is 15.1. The predicted molar refractivity (Wildman–Crippen MR) is 113 cm³/mol. The third-order valence-electron chi connectivity index (χ3n) is 5.38. The van der Waals surface area contributed by atoms with Crippen LogP contribution in [0.3, 0.4) is 0 Å². The van der Waals surface area contributed by atoms with Crippen LogP contribution in [-0.4, -0.2) is 56.0 Å². The number of nitrogens with zero attached hydrogens (tertiary/aromatic N) is 7. The van der Waals surface area contributed by atoms with Crippen molar-refractivity contribution >= 4 is 17.0 Å². The van der Waals surface area contributed by atoms with Crippen LogP contribution in [0.2, 0.25) is 0 Å². The molecule has 0 amide bonds. The standard InChI is InChI=1S/C22H23N7/c1-3-7-18(8-4-1)15-27-11-13-28(14-12-27)21-20-22(24-17-23-21)29(26-25-20)16-19-9-5-2-6-10-19/h1-10,17H,11-16H2. The summed E-state index contributed by atoms with van der Waals surface area (Å²) in [6.45, 7) is 5.48. The molecule has 7 heteroatoms. The highest BCUT2D eigenvalue weighted by atomic mass is 15.5. The lowest BCUT2D eigenvalue weighted by atomic mass is 10.2. The molecule has 0 N–H and O–H groups in total. The van der Waals surface area contributed by atoms with E-state index in [9.17, 15) is 0 Å². The number of fused-ring (bicyclic) bond motifs is 1. The molecule has 3 heterocycles. The van der Waals surface area contributed by atoms with Crippen LogP contribution < -0.4 is 4.90 Å². The molecule has 0 bridgehead atoms. The highest BCUT2D eigenvalue weighted by molar-refractivity contribution is 5.82. The second kappa shape index (κ2) is 7.97. The number of hydrogen-bond acceptors (Lipinski definition) is 6. The van der Waals surface area contributed by atoms with Crippen molar-refractivity contribution in [3.05, 3.63) is 78.1 Å². The van der Waals surface area contributed by atoms with Crippen LogP contribution in [0.25, 0.3) is 11.2 Å². The van der Waals surface area contributed by atoms with Crippen LogP contribution in [-0.2, 0) is 13.1 Å². The Kier molecular flexibility index (Phi) is 4.88. The maximum Gasteiger partial charge on any atom is 0.184 e. The molecule has 0 saturated carbocycles. The molecule has 0 radical (unpaired) electrons. The molecule has 0 aliphatic carbocycles. The zero-order valence-electron chi connectivity index (χ0n) is 16.2. The summed E-state index contributed by atoms with van der Waals surface area (Å²) < 4.78 is 1.85. The molecule has 0 spiro atoms. The summed E-state index contributed by atoms with van der Waals surface area (Å²) in [5, 5.41) is 8.75. The van der Waals surface area contributed by atoms with Crippen molar-refractivity contribution in [3.63, 3.8) is 0 Å². The molecule has 2 aromatic heterocycles. The average Bonchev–Trinajstić information content (AvgIpc) is 3.19. The van der Waals surface area contributed by atoms with Gasteiger partial charge in [0.15, 0.2) is 17.0 Å². The SMILES string of the molecule is c1ccc(CN2CCN(c3ncnc4c3nnn4Cc3ccccc3)CC2)cc1. The van der Waals surface area contributed by atoms with Crippen LogP contribution in [0.15, 0.2) is 67.0 Å². The van der Waals surface area contributed by atoms with Gasteiger partial charge in [-0.2, -0.15) is 0 Å². The summed E-state index contributed by atoms with van der Waals surface area (Å²) in [4.78, 5) is 13.8. The summed E-state index contributed by atoms with van der Waals surface area (Å²) in [6.07, 6.45) is 1.62. The molecular weight excluding hydrogens is 362 g/mol. The fourth-order valence-electron chi connectivity index (χ4n) is 3.83. The van der Waals surface area contributed by atoms with Gasteiger partial charge in [0.05, 0.1) is 6.54 Å². The molecule has 0 atom stereocenters. The van der Waals surface area contributed by atoms with Gasteiger partial charge in [-0.1, -0.05) is 65.9 Å². The van der Waals surface area contributed by atoms with Crippen LogP contribution in [0.1, 0.15) is 11.1 Å². The van der Waals surface area contributed by atoms with Crippen molar-refractivity contribution in [1.29, 1.82) is 0 Å². The Morgan fingerprint density at radius 1 is 0.724 bits per heavy atom. The maximum atomic E-state index is 4.54. The van der Waals surface area contributed by atoms with Gasteiger partial charge in [-0.05, 0) is 11.1 Å². The van der Waals surface area contributed by atoms with Crippen LogP contribution in [0.4, 0.5) is 5.82 Å². The first-order valence-corrected chi connectivity index (χ1v) is 9.96. The van der Waals surface area contributed by atoms with E-state index in [1.54, 1.807) is 6.33 Å². The molecule has 5 rings (SSSR count). The van der Waals surface area contributed by atoms with Crippen molar-refractivity contribution in [2.75, 3.05) is 31.1 Å². The van der Waals surface area contributed by atoms with Crippen molar-refractivity contribution in [3.8, 4) is 0 Å². The highest BCUT2D eigenvalue weighted by Crippen LogP contribution is 2.22. The molecule has 29 heavy (non-hydrogen) atoms. The lowest BCUT2D eigenvalue weighted by molar-refractivity contribution is 0.249. The largest absolute Gasteiger partial charge is 0.352 e. The Morgan fingerprint density at radius 2 is 1.38 bits per heavy atom. The van der Waals surface area contributed by atoms with E-state index in [0.717, 1.165) is 49.7 Å². The molecule has 1 aliphatic rings. The fourth-order valence-corrected chi connectivity index (χ4v) is 3.83. The van der Waals surface area contributed by atoms with Crippen LogP contribution >= 0.6 is 0 Å². The van der Waals surface area contributed by atoms with E-state index in [1.807, 2.05) is 22.9 Å². The van der Waals surface area contributed by atoms with E-state index < -0.39 is 0 Å². The van der Waals surface area contributed by atoms with E-state index in [0.29, 0.717) is 6.54 Å². The average molecular weight is 385 g/mol. The number of hydrogen-bond donors (Lipinski definition) is 0. The Bertz CT molecular complexity index is 1070. The third-order valence-corrected chi connectivity index (χ3v) is 5.38. The Hall–Kier alpha value is -3.32. The smallest absolute Gasteiger partial charge is 0.184 e. The first-order chi connectivity index (χ1) is 14.4. The van der Waals surface area contributed by atoms with Gasteiger partial charge in [0.25, 0.3) is 0 Å². The lowest BCUT2D eigenvalue weighted by Crippen LogP contribution is -2.46. The molecule has 146 valence electrons. The minimum absolute atomic E-state index is 0.651. The monoisotopic (exact) mass is 385 g/mol. The van der Waals surface area contributed by atoms with Crippen molar-refractivity contribution in [2.45, 2.75) is 13.1 Å². The molecule has 4 aromatic rings. The summed E-state index contributed by atoms with van der Waals surface area (Å²) >= 11 is 0. The first-order valence-electron chi connectivity index (χ1n) is 9.96. The maximum absolute atomic E-state index is 4.54. The van der Waals surface area contributed by atoms with Crippen molar-refractivity contribution < 1.29 is 0 Å². The van der Waals surface area contributed by atoms with E-state index in [2.05, 4.69) is 72.5 Å². The number of anilines is 1. The molecule has 1 fully saturated rings. The second-order valence-corrected chi connectivity index (χ2v) is 7.35. The summed E-state index contributed by atoms with van der Waals surface area (Å²) in [7, 11) is 0. The lowest BCUT2D eigenvalue weighted by Gasteiger charge is -2.35. The minimum atomic E-state index is 0.651. The zero-order valence-corrected chi connectivity index (χ0v) is 16.2. The Balaban J connectivity index is 1.31. The topological polar surface area (TPSA) is 63.0 Å². The quantitative estimate of drug-likeness (QED) is 0.526. The van der Waals surface area contributed by atoms with E-state index >= 15 is 0 Å². The molecule has 1 saturated heterocycles. The molecular formula is C22H23N7. The van der Waals surface area contributed by atoms with Gasteiger partial charge < -0.3 is 4.90 Å². The van der Waals surface area contributed by atoms with Crippen LogP contribution in [0.5, 0.6) is 0 Å². The number of aromatic nitrogens is 5. The summed E-state index contributed by atoms with van der Waals surface area (Å²) in [5.41, 5.74) is 4.09. The number of piperazine rings is 1. The number of benzene rings is 2. The van der Waals surface area contributed by atoms with Gasteiger partial charge in [-0.15, -0.1) is 5.10 Å². The van der Waals surface area contributed by atoms with E-state index in [-0.39, 0.29) is 0 Å². The van der Waals surface area contributed by atoms with Gasteiger partial charge in [0.1, 0.15) is 6.33 Å². The van der Waals surface area contributed by atoms with Gasteiger partial charge in [0, 0.05) is 32.7 Å². The molecule has 7 nitrogen and oxygen atoms in total. The minimum Gasteiger partial charge on any atom is -0.352 e. The van der Waals surface area contributed by atoms with Gasteiger partial charge in [0.2, 0.25) is 0 Å². The third kappa shape index (κ3) is 3.82. The Labute approximate surface area is 169 Å². The molecule has 1 aliphatic heterocycles. The predicted octanol–water partition coefficient (Wildman–Crippen LogP) is 2.59. The molecule has 0 unspecified atom stereocenters. The highest BCUT2D eigenvalue weighted by Gasteiger charge is 2.22. The number of rotatable bonds is 5. The van der Waals surface area contributed by atoms with Crippen LogP contribution in [0, 0.1) is 0 Å². The van der Waals surface area contributed by atoms with E-state index in [4.69, 9.17) is 0 Å². The summed E-state index contributed by atoms with van der Waals surface area (Å²) in [6, 6.07) is 20.9. The van der Waals surface area contributed by atoms with Gasteiger partial charge >= 0.3 is 0 Å². The molecule has 2 aromatic carbocycles. The van der Waals surface area contributed by atoms with Crippen molar-refractivity contribution in [2.24, 2.45) is 0 Å². The van der Waals surface area contributed by atoms with E-state index in [1.165, 1.54) is 11.1 Å². The van der Waals surface area contributed by atoms with Crippen molar-refractivity contribution in [1.82, 2.24) is 29.9 Å². The Morgan fingerprint density at radius 3 is 2.07 bits per heavy atom. The summed E-state index contributed by atoms with van der Waals surface area (Å²) in [5.74, 6) is 0.883. The van der Waals surface area contributed by atoms with Gasteiger partial charge in [-0.3, -0.25) is 4.90 Å². The fraction of sp³-hybridized carbons (Fsp3) is 0.273. The first kappa shape index (κ1) is 17.8. The zero-order chi connectivity index (χ0) is 19.5.